The Morgan fingerprint density at radius 2 is 1.86 bits per heavy atom. The van der Waals surface area contributed by atoms with Crippen LogP contribution in [0.4, 0.5) is 5.69 Å². The van der Waals surface area contributed by atoms with E-state index in [1.54, 1.807) is 24.3 Å². The molecule has 0 unspecified atom stereocenters. The summed E-state index contributed by atoms with van der Waals surface area (Å²) in [4.78, 5) is 8.51. The van der Waals surface area contributed by atoms with Crippen LogP contribution in [0.15, 0.2) is 62.4 Å². The number of oxazole rings is 1. The monoisotopic (exact) mass is 376 g/mol. The molecule has 0 fully saturated rings. The molecule has 0 aliphatic carbocycles. The Labute approximate surface area is 140 Å². The van der Waals surface area contributed by atoms with E-state index in [-0.39, 0.29) is 11.6 Å². The molecule has 3 rings (SSSR count). The summed E-state index contributed by atoms with van der Waals surface area (Å²) < 4.78 is 6.11. The van der Waals surface area contributed by atoms with Gasteiger partial charge in [0.05, 0.1) is 11.9 Å². The molecule has 1 heterocycles. The van der Waals surface area contributed by atoms with Gasteiger partial charge in [-0.15, -0.1) is 0 Å². The van der Waals surface area contributed by atoms with Gasteiger partial charge in [0.1, 0.15) is 0 Å². The highest BCUT2D eigenvalue weighted by Gasteiger charge is 2.12. The van der Waals surface area contributed by atoms with Gasteiger partial charge in [0.15, 0.2) is 5.69 Å². The van der Waals surface area contributed by atoms with Gasteiger partial charge in [-0.2, -0.15) is 0 Å². The van der Waals surface area contributed by atoms with E-state index in [0.717, 1.165) is 15.7 Å². The number of nitrogens with zero attached hydrogens (tertiary/aromatic N) is 2. The van der Waals surface area contributed by atoms with Crippen molar-refractivity contribution < 1.29 is 9.52 Å². The largest absolute Gasteiger partial charge is 0.479 e. The first-order valence-electron chi connectivity index (χ1n) is 6.38. The van der Waals surface area contributed by atoms with E-state index in [0.29, 0.717) is 10.9 Å². The molecule has 0 aliphatic heterocycles. The van der Waals surface area contributed by atoms with Gasteiger partial charge in [-0.1, -0.05) is 23.7 Å². The number of rotatable bonds is 3. The Bertz CT molecular complexity index is 828. The Balaban J connectivity index is 1.90. The second kappa shape index (κ2) is 6.34. The maximum atomic E-state index is 9.84. The summed E-state index contributed by atoms with van der Waals surface area (Å²) in [5.74, 6) is 0.0310. The summed E-state index contributed by atoms with van der Waals surface area (Å²) in [6.07, 6.45) is 1.46. The van der Waals surface area contributed by atoms with Crippen molar-refractivity contribution in [2.45, 2.75) is 0 Å². The van der Waals surface area contributed by atoms with Gasteiger partial charge in [-0.05, 0) is 52.3 Å². The maximum absolute atomic E-state index is 9.84. The lowest BCUT2D eigenvalue weighted by molar-refractivity contribution is 0.337. The van der Waals surface area contributed by atoms with Crippen molar-refractivity contribution in [1.29, 1.82) is 0 Å². The summed E-state index contributed by atoms with van der Waals surface area (Å²) >= 11 is 9.25. The van der Waals surface area contributed by atoms with E-state index < -0.39 is 0 Å². The normalized spacial score (nSPS) is 11.2. The Kier molecular flexibility index (Phi) is 4.27. The molecular formula is C16H10BrClN2O2. The van der Waals surface area contributed by atoms with E-state index >= 15 is 0 Å². The van der Waals surface area contributed by atoms with Gasteiger partial charge in [0, 0.05) is 15.1 Å². The second-order valence-electron chi connectivity index (χ2n) is 4.43. The van der Waals surface area contributed by atoms with Crippen molar-refractivity contribution in [1.82, 2.24) is 4.98 Å². The van der Waals surface area contributed by atoms with Crippen molar-refractivity contribution in [2.75, 3.05) is 0 Å². The van der Waals surface area contributed by atoms with E-state index in [4.69, 9.17) is 16.0 Å². The van der Waals surface area contributed by atoms with Crippen molar-refractivity contribution in [3.8, 4) is 17.4 Å². The first-order chi connectivity index (χ1) is 10.6. The fourth-order valence-corrected chi connectivity index (χ4v) is 2.32. The van der Waals surface area contributed by atoms with Crippen LogP contribution in [0.2, 0.25) is 5.02 Å². The third-order valence-electron chi connectivity index (χ3n) is 2.90. The predicted octanol–water partition coefficient (Wildman–Crippen LogP) is 5.21. The Hall–Kier alpha value is -2.11. The molecule has 0 saturated carbocycles. The zero-order valence-corrected chi connectivity index (χ0v) is 13.5. The first-order valence-corrected chi connectivity index (χ1v) is 7.55. The Morgan fingerprint density at radius 1 is 1.14 bits per heavy atom. The number of halogens is 2. The number of hydrogen-bond acceptors (Lipinski definition) is 4. The van der Waals surface area contributed by atoms with Crippen LogP contribution in [0.1, 0.15) is 5.69 Å². The molecule has 4 nitrogen and oxygen atoms in total. The van der Waals surface area contributed by atoms with E-state index in [2.05, 4.69) is 25.9 Å². The number of hydrogen-bond donors (Lipinski definition) is 1. The average molecular weight is 378 g/mol. The SMILES string of the molecule is Oc1oc(-c2ccc(Cl)cc2)nc1C=Nc1ccccc1Br. The minimum atomic E-state index is -0.277. The molecule has 3 aromatic rings. The van der Waals surface area contributed by atoms with Crippen molar-refractivity contribution in [3.05, 3.63) is 63.7 Å². The predicted molar refractivity (Wildman–Crippen MR) is 90.0 cm³/mol. The van der Waals surface area contributed by atoms with Gasteiger partial charge in [0.25, 0.3) is 0 Å². The van der Waals surface area contributed by atoms with Gasteiger partial charge >= 0.3 is 5.95 Å². The smallest absolute Gasteiger partial charge is 0.312 e. The third kappa shape index (κ3) is 3.21. The molecule has 1 N–H and O–H groups in total. The van der Waals surface area contributed by atoms with Gasteiger partial charge < -0.3 is 9.52 Å². The molecule has 2 aromatic carbocycles. The highest BCUT2D eigenvalue weighted by molar-refractivity contribution is 9.10. The quantitative estimate of drug-likeness (QED) is 0.637. The molecule has 0 spiro atoms. The number of aromatic nitrogens is 1. The maximum Gasteiger partial charge on any atom is 0.312 e. The highest BCUT2D eigenvalue weighted by atomic mass is 79.9. The van der Waals surface area contributed by atoms with Crippen LogP contribution in [-0.2, 0) is 0 Å². The standard InChI is InChI=1S/C16H10BrClN2O2/c17-12-3-1-2-4-13(12)19-9-14-16(21)22-15(20-14)10-5-7-11(18)8-6-10/h1-9,21H. The third-order valence-corrected chi connectivity index (χ3v) is 3.83. The summed E-state index contributed by atoms with van der Waals surface area (Å²) in [7, 11) is 0. The van der Waals surface area contributed by atoms with Crippen LogP contribution in [-0.4, -0.2) is 16.3 Å². The lowest BCUT2D eigenvalue weighted by Gasteiger charge is -1.95. The number of aliphatic imine (C=N–C) groups is 1. The molecule has 0 atom stereocenters. The first kappa shape index (κ1) is 14.8. The van der Waals surface area contributed by atoms with E-state index in [9.17, 15) is 5.11 Å². The van der Waals surface area contributed by atoms with Crippen LogP contribution >= 0.6 is 27.5 Å². The fourth-order valence-electron chi connectivity index (χ4n) is 1.81. The van der Waals surface area contributed by atoms with E-state index in [1.165, 1.54) is 6.21 Å². The van der Waals surface area contributed by atoms with Crippen LogP contribution in [0.5, 0.6) is 5.95 Å². The molecule has 0 amide bonds. The lowest BCUT2D eigenvalue weighted by Crippen LogP contribution is -1.83. The average Bonchev–Trinajstić information content (AvgIpc) is 2.88. The van der Waals surface area contributed by atoms with Crippen LogP contribution in [0.3, 0.4) is 0 Å². The van der Waals surface area contributed by atoms with Gasteiger partial charge in [-0.3, -0.25) is 4.99 Å². The number of para-hydroxylation sites is 1. The number of benzene rings is 2. The number of aromatic hydroxyl groups is 1. The second-order valence-corrected chi connectivity index (χ2v) is 5.72. The molecule has 22 heavy (non-hydrogen) atoms. The molecule has 0 bridgehead atoms. The van der Waals surface area contributed by atoms with Gasteiger partial charge in [-0.25, -0.2) is 4.98 Å². The molecule has 6 heteroatoms. The molecular weight excluding hydrogens is 368 g/mol. The molecule has 1 aromatic heterocycles. The minimum absolute atomic E-state index is 0.265. The molecule has 110 valence electrons. The molecule has 0 radical (unpaired) electrons. The summed E-state index contributed by atoms with van der Waals surface area (Å²) in [5.41, 5.74) is 1.72. The zero-order chi connectivity index (χ0) is 15.5. The van der Waals surface area contributed by atoms with E-state index in [1.807, 2.05) is 24.3 Å². The molecule has 0 saturated heterocycles. The summed E-state index contributed by atoms with van der Waals surface area (Å²) in [6.45, 7) is 0. The minimum Gasteiger partial charge on any atom is -0.479 e. The summed E-state index contributed by atoms with van der Waals surface area (Å²) in [6, 6.07) is 14.5. The topological polar surface area (TPSA) is 58.6 Å². The molecule has 0 aliphatic rings. The van der Waals surface area contributed by atoms with Crippen LogP contribution < -0.4 is 0 Å². The highest BCUT2D eigenvalue weighted by Crippen LogP contribution is 2.28. The van der Waals surface area contributed by atoms with Crippen LogP contribution in [0, 0.1) is 0 Å². The fraction of sp³-hybridized carbons (Fsp3) is 0. The van der Waals surface area contributed by atoms with Crippen molar-refractivity contribution in [2.24, 2.45) is 4.99 Å². The van der Waals surface area contributed by atoms with Crippen LogP contribution in [0.25, 0.3) is 11.5 Å². The van der Waals surface area contributed by atoms with Crippen molar-refractivity contribution in [3.63, 3.8) is 0 Å². The zero-order valence-electron chi connectivity index (χ0n) is 11.2. The Morgan fingerprint density at radius 3 is 2.59 bits per heavy atom. The lowest BCUT2D eigenvalue weighted by atomic mass is 10.2. The van der Waals surface area contributed by atoms with Gasteiger partial charge in [0.2, 0.25) is 5.89 Å². The van der Waals surface area contributed by atoms with Crippen molar-refractivity contribution >= 4 is 39.4 Å². The summed E-state index contributed by atoms with van der Waals surface area (Å²) in [5, 5.41) is 10.5.